The quantitative estimate of drug-likeness (QED) is 0.831. The molecule has 0 aromatic carbocycles. The molecule has 132 valence electrons. The monoisotopic (exact) mass is 333 g/mol. The Balaban J connectivity index is 1.47. The zero-order valence-corrected chi connectivity index (χ0v) is 14.5. The van der Waals surface area contributed by atoms with Crippen molar-refractivity contribution < 1.29 is 18.7 Å². The normalized spacial score (nSPS) is 30.2. The standard InChI is InChI=1S/C19H27NO4/c1-14-6-10-24-17(14)18(21)20-8-5-16-19(12-20,7-2-9-23-16)13-22-11-15-3-4-15/h6,10,15-16H,2-5,7-9,11-13H2,1H3/t16-,19+/m0/s1. The number of amides is 1. The second kappa shape index (κ2) is 6.52. The van der Waals surface area contributed by atoms with Crippen molar-refractivity contribution in [2.45, 2.75) is 45.1 Å². The molecule has 1 aromatic heterocycles. The molecule has 0 unspecified atom stereocenters. The van der Waals surface area contributed by atoms with Crippen molar-refractivity contribution in [3.63, 3.8) is 0 Å². The number of hydrogen-bond donors (Lipinski definition) is 0. The van der Waals surface area contributed by atoms with Gasteiger partial charge in [0.1, 0.15) is 0 Å². The number of hydrogen-bond acceptors (Lipinski definition) is 4. The fourth-order valence-corrected chi connectivity index (χ4v) is 4.12. The van der Waals surface area contributed by atoms with Gasteiger partial charge in [0.15, 0.2) is 5.76 Å². The number of ether oxygens (including phenoxy) is 2. The maximum atomic E-state index is 12.8. The molecule has 3 fully saturated rings. The molecular weight excluding hydrogens is 306 g/mol. The van der Waals surface area contributed by atoms with Gasteiger partial charge in [-0.25, -0.2) is 0 Å². The number of rotatable bonds is 5. The lowest BCUT2D eigenvalue weighted by atomic mass is 9.73. The van der Waals surface area contributed by atoms with Gasteiger partial charge in [-0.05, 0) is 51.0 Å². The van der Waals surface area contributed by atoms with Crippen molar-refractivity contribution >= 4 is 5.91 Å². The number of fused-ring (bicyclic) bond motifs is 1. The highest BCUT2D eigenvalue weighted by Gasteiger charge is 2.47. The zero-order valence-electron chi connectivity index (χ0n) is 14.5. The summed E-state index contributed by atoms with van der Waals surface area (Å²) in [7, 11) is 0. The minimum absolute atomic E-state index is 0.00286. The van der Waals surface area contributed by atoms with E-state index in [-0.39, 0.29) is 17.4 Å². The lowest BCUT2D eigenvalue weighted by molar-refractivity contribution is -0.147. The van der Waals surface area contributed by atoms with E-state index in [0.717, 1.165) is 50.5 Å². The van der Waals surface area contributed by atoms with E-state index in [1.165, 1.54) is 12.8 Å². The summed E-state index contributed by atoms with van der Waals surface area (Å²) in [6, 6.07) is 1.85. The Kier molecular flexibility index (Phi) is 4.39. The van der Waals surface area contributed by atoms with Crippen LogP contribution in [0.1, 0.15) is 48.2 Å². The molecule has 1 aliphatic carbocycles. The second-order valence-electron chi connectivity index (χ2n) is 7.73. The lowest BCUT2D eigenvalue weighted by Crippen LogP contribution is -2.58. The third-order valence-electron chi connectivity index (χ3n) is 5.77. The van der Waals surface area contributed by atoms with Crippen LogP contribution in [0.5, 0.6) is 0 Å². The Morgan fingerprint density at radius 2 is 2.29 bits per heavy atom. The molecule has 4 rings (SSSR count). The predicted octanol–water partition coefficient (Wildman–Crippen LogP) is 3.03. The number of furan rings is 1. The van der Waals surface area contributed by atoms with E-state index >= 15 is 0 Å². The second-order valence-corrected chi connectivity index (χ2v) is 7.73. The van der Waals surface area contributed by atoms with Gasteiger partial charge in [-0.15, -0.1) is 0 Å². The SMILES string of the molecule is Cc1ccoc1C(=O)N1CC[C@@H]2OCCC[C@]2(COCC2CC2)C1. The third kappa shape index (κ3) is 3.11. The summed E-state index contributed by atoms with van der Waals surface area (Å²) in [5, 5.41) is 0. The van der Waals surface area contributed by atoms with Gasteiger partial charge in [0.05, 0.1) is 19.0 Å². The third-order valence-corrected chi connectivity index (χ3v) is 5.77. The Morgan fingerprint density at radius 1 is 1.42 bits per heavy atom. The number of likely N-dealkylation sites (tertiary alicyclic amines) is 1. The molecule has 2 aliphatic heterocycles. The van der Waals surface area contributed by atoms with Crippen LogP contribution in [0.25, 0.3) is 0 Å². The van der Waals surface area contributed by atoms with E-state index in [1.54, 1.807) is 6.26 Å². The molecule has 0 N–H and O–H groups in total. The summed E-state index contributed by atoms with van der Waals surface area (Å²) in [6.07, 6.45) is 7.41. The first kappa shape index (κ1) is 16.2. The number of nitrogens with zero attached hydrogens (tertiary/aromatic N) is 1. The molecule has 0 bridgehead atoms. The minimum atomic E-state index is -0.0540. The van der Waals surface area contributed by atoms with Crippen molar-refractivity contribution in [3.8, 4) is 0 Å². The van der Waals surface area contributed by atoms with Crippen molar-refractivity contribution in [2.24, 2.45) is 11.3 Å². The van der Waals surface area contributed by atoms with Crippen LogP contribution >= 0.6 is 0 Å². The zero-order chi connectivity index (χ0) is 16.6. The first-order valence-corrected chi connectivity index (χ1v) is 9.21. The molecule has 0 radical (unpaired) electrons. The van der Waals surface area contributed by atoms with Gasteiger partial charge in [0.2, 0.25) is 0 Å². The topological polar surface area (TPSA) is 51.9 Å². The smallest absolute Gasteiger partial charge is 0.289 e. The Labute approximate surface area is 143 Å². The van der Waals surface area contributed by atoms with E-state index in [9.17, 15) is 4.79 Å². The van der Waals surface area contributed by atoms with Crippen LogP contribution in [0.4, 0.5) is 0 Å². The number of aryl methyl sites for hydroxylation is 1. The number of carbonyl (C=O) groups excluding carboxylic acids is 1. The first-order chi connectivity index (χ1) is 11.7. The summed E-state index contributed by atoms with van der Waals surface area (Å²) < 4.78 is 17.5. The van der Waals surface area contributed by atoms with Gasteiger partial charge < -0.3 is 18.8 Å². The summed E-state index contributed by atoms with van der Waals surface area (Å²) in [5.41, 5.74) is 0.850. The summed E-state index contributed by atoms with van der Waals surface area (Å²) >= 11 is 0. The highest BCUT2D eigenvalue weighted by Crippen LogP contribution is 2.41. The van der Waals surface area contributed by atoms with Gasteiger partial charge in [0.25, 0.3) is 5.91 Å². The van der Waals surface area contributed by atoms with E-state index in [1.807, 2.05) is 17.9 Å². The van der Waals surface area contributed by atoms with Crippen molar-refractivity contribution in [1.29, 1.82) is 0 Å². The van der Waals surface area contributed by atoms with Crippen molar-refractivity contribution in [1.82, 2.24) is 4.90 Å². The molecular formula is C19H27NO4. The maximum Gasteiger partial charge on any atom is 0.289 e. The molecule has 1 aromatic rings. The molecule has 5 heteroatoms. The van der Waals surface area contributed by atoms with E-state index < -0.39 is 0 Å². The van der Waals surface area contributed by atoms with Crippen LogP contribution in [0.15, 0.2) is 16.7 Å². The summed E-state index contributed by atoms with van der Waals surface area (Å²) in [6.45, 7) is 5.76. The number of piperidine rings is 1. The van der Waals surface area contributed by atoms with Crippen LogP contribution in [0.3, 0.4) is 0 Å². The average Bonchev–Trinajstić information content (AvgIpc) is 3.32. The molecule has 2 saturated heterocycles. The van der Waals surface area contributed by atoms with Gasteiger partial charge in [-0.3, -0.25) is 4.79 Å². The molecule has 1 saturated carbocycles. The predicted molar refractivity (Wildman–Crippen MR) is 88.9 cm³/mol. The summed E-state index contributed by atoms with van der Waals surface area (Å²) in [4.78, 5) is 14.8. The average molecular weight is 333 g/mol. The first-order valence-electron chi connectivity index (χ1n) is 9.21. The summed E-state index contributed by atoms with van der Waals surface area (Å²) in [5.74, 6) is 1.23. The number of carbonyl (C=O) groups is 1. The van der Waals surface area contributed by atoms with E-state index in [2.05, 4.69) is 0 Å². The van der Waals surface area contributed by atoms with Gasteiger partial charge >= 0.3 is 0 Å². The van der Waals surface area contributed by atoms with Gasteiger partial charge in [-0.1, -0.05) is 0 Å². The van der Waals surface area contributed by atoms with Crippen LogP contribution in [-0.2, 0) is 9.47 Å². The van der Waals surface area contributed by atoms with Gasteiger partial charge in [0, 0.05) is 37.3 Å². The van der Waals surface area contributed by atoms with Crippen molar-refractivity contribution in [3.05, 3.63) is 23.7 Å². The Bertz CT molecular complexity index is 594. The van der Waals surface area contributed by atoms with Gasteiger partial charge in [-0.2, -0.15) is 0 Å². The lowest BCUT2D eigenvalue weighted by Gasteiger charge is -2.50. The van der Waals surface area contributed by atoms with Crippen molar-refractivity contribution in [2.75, 3.05) is 32.9 Å². The largest absolute Gasteiger partial charge is 0.459 e. The maximum absolute atomic E-state index is 12.8. The highest BCUT2D eigenvalue weighted by molar-refractivity contribution is 5.93. The Hall–Kier alpha value is -1.33. The molecule has 3 aliphatic rings. The van der Waals surface area contributed by atoms with Crippen LogP contribution in [0, 0.1) is 18.3 Å². The fraction of sp³-hybridized carbons (Fsp3) is 0.737. The van der Waals surface area contributed by atoms with Crippen LogP contribution in [0.2, 0.25) is 0 Å². The highest BCUT2D eigenvalue weighted by atomic mass is 16.5. The van der Waals surface area contributed by atoms with E-state index in [4.69, 9.17) is 13.9 Å². The molecule has 3 heterocycles. The van der Waals surface area contributed by atoms with Crippen LogP contribution in [-0.4, -0.2) is 49.8 Å². The molecule has 2 atom stereocenters. The molecule has 0 spiro atoms. The Morgan fingerprint density at radius 3 is 3.04 bits per heavy atom. The van der Waals surface area contributed by atoms with E-state index in [0.29, 0.717) is 18.9 Å². The fourth-order valence-electron chi connectivity index (χ4n) is 4.12. The van der Waals surface area contributed by atoms with Crippen LogP contribution < -0.4 is 0 Å². The minimum Gasteiger partial charge on any atom is -0.459 e. The molecule has 24 heavy (non-hydrogen) atoms. The molecule has 5 nitrogen and oxygen atoms in total. The molecule has 1 amide bonds.